The Labute approximate surface area is 130 Å². The van der Waals surface area contributed by atoms with E-state index in [2.05, 4.69) is 36.5 Å². The molecule has 2 aromatic carbocycles. The van der Waals surface area contributed by atoms with E-state index in [9.17, 15) is 4.39 Å². The molecule has 0 bridgehead atoms. The van der Waals surface area contributed by atoms with Gasteiger partial charge in [-0.25, -0.2) is 4.39 Å². The van der Waals surface area contributed by atoms with Crippen LogP contribution in [0.15, 0.2) is 53.4 Å². The minimum absolute atomic E-state index is 0.118. The van der Waals surface area contributed by atoms with Gasteiger partial charge in [-0.2, -0.15) is 0 Å². The van der Waals surface area contributed by atoms with Crippen LogP contribution in [-0.4, -0.2) is 11.8 Å². The average Bonchev–Trinajstić information content (AvgIpc) is 2.85. The zero-order chi connectivity index (χ0) is 14.7. The van der Waals surface area contributed by atoms with Gasteiger partial charge < -0.3 is 5.32 Å². The lowest BCUT2D eigenvalue weighted by molar-refractivity contribution is 0.537. The third-order valence-electron chi connectivity index (χ3n) is 3.91. The van der Waals surface area contributed by atoms with E-state index < -0.39 is 0 Å². The van der Waals surface area contributed by atoms with E-state index in [-0.39, 0.29) is 5.82 Å². The normalized spacial score (nSPS) is 20.5. The molecule has 0 spiro atoms. The van der Waals surface area contributed by atoms with Crippen molar-refractivity contribution >= 4 is 11.8 Å². The topological polar surface area (TPSA) is 12.0 Å². The largest absolute Gasteiger partial charge is 0.309 e. The highest BCUT2D eigenvalue weighted by Gasteiger charge is 2.32. The van der Waals surface area contributed by atoms with Gasteiger partial charge in [0.25, 0.3) is 0 Å². The van der Waals surface area contributed by atoms with Crippen molar-refractivity contribution in [2.45, 2.75) is 36.0 Å². The number of nitrogens with one attached hydrogen (secondary N) is 1. The smallest absolute Gasteiger partial charge is 0.136 e. The van der Waals surface area contributed by atoms with E-state index in [4.69, 9.17) is 0 Å². The summed E-state index contributed by atoms with van der Waals surface area (Å²) in [6.45, 7) is 3.17. The molecule has 21 heavy (non-hydrogen) atoms. The Morgan fingerprint density at radius 3 is 2.71 bits per heavy atom. The first-order valence-electron chi connectivity index (χ1n) is 7.52. The van der Waals surface area contributed by atoms with Crippen LogP contribution in [0.25, 0.3) is 0 Å². The number of hydrogen-bond acceptors (Lipinski definition) is 2. The molecule has 0 aliphatic heterocycles. The Bertz CT molecular complexity index is 614. The van der Waals surface area contributed by atoms with Crippen LogP contribution in [0.1, 0.15) is 30.5 Å². The zero-order valence-corrected chi connectivity index (χ0v) is 13.0. The number of fused-ring (bicyclic) bond motifs is 1. The van der Waals surface area contributed by atoms with Crippen LogP contribution in [0.2, 0.25) is 0 Å². The second-order valence-electron chi connectivity index (χ2n) is 5.42. The molecular formula is C18H20FNS. The fraction of sp³-hybridized carbons (Fsp3) is 0.333. The molecule has 0 amide bonds. The van der Waals surface area contributed by atoms with Gasteiger partial charge in [-0.05, 0) is 42.6 Å². The molecule has 0 heterocycles. The lowest BCUT2D eigenvalue weighted by atomic mass is 10.1. The summed E-state index contributed by atoms with van der Waals surface area (Å²) in [4.78, 5) is 0.749. The van der Waals surface area contributed by atoms with Gasteiger partial charge in [-0.15, -0.1) is 11.8 Å². The monoisotopic (exact) mass is 301 g/mol. The molecule has 2 unspecified atom stereocenters. The number of hydrogen-bond donors (Lipinski definition) is 1. The number of rotatable bonds is 5. The van der Waals surface area contributed by atoms with Crippen molar-refractivity contribution in [1.29, 1.82) is 0 Å². The van der Waals surface area contributed by atoms with Gasteiger partial charge in [0.05, 0.1) is 0 Å². The minimum Gasteiger partial charge on any atom is -0.309 e. The van der Waals surface area contributed by atoms with Gasteiger partial charge in [0.2, 0.25) is 0 Å². The Morgan fingerprint density at radius 2 is 1.90 bits per heavy atom. The first kappa shape index (κ1) is 14.6. The highest BCUT2D eigenvalue weighted by atomic mass is 32.2. The maximum atomic E-state index is 13.9. The van der Waals surface area contributed by atoms with Crippen molar-refractivity contribution in [3.8, 4) is 0 Å². The first-order valence-corrected chi connectivity index (χ1v) is 8.40. The molecule has 0 fully saturated rings. The summed E-state index contributed by atoms with van der Waals surface area (Å²) in [5.74, 6) is -0.118. The lowest BCUT2D eigenvalue weighted by Gasteiger charge is -2.21. The van der Waals surface area contributed by atoms with E-state index in [0.29, 0.717) is 11.3 Å². The van der Waals surface area contributed by atoms with E-state index in [1.165, 1.54) is 11.1 Å². The number of halogens is 1. The van der Waals surface area contributed by atoms with Crippen LogP contribution < -0.4 is 5.32 Å². The van der Waals surface area contributed by atoms with Gasteiger partial charge in [0, 0.05) is 16.2 Å². The summed E-state index contributed by atoms with van der Waals surface area (Å²) >= 11 is 1.66. The summed E-state index contributed by atoms with van der Waals surface area (Å²) in [5, 5.41) is 3.99. The number of thioether (sulfide) groups is 1. The molecule has 0 radical (unpaired) electrons. The maximum Gasteiger partial charge on any atom is 0.136 e. The van der Waals surface area contributed by atoms with Crippen molar-refractivity contribution in [3.05, 3.63) is 65.5 Å². The summed E-state index contributed by atoms with van der Waals surface area (Å²) in [6, 6.07) is 16.0. The lowest BCUT2D eigenvalue weighted by Crippen LogP contribution is -2.27. The summed E-state index contributed by atoms with van der Waals surface area (Å²) in [5.41, 5.74) is 2.76. The second-order valence-corrected chi connectivity index (χ2v) is 6.70. The molecule has 2 atom stereocenters. The minimum atomic E-state index is -0.118. The molecule has 1 aliphatic rings. The average molecular weight is 301 g/mol. The predicted octanol–water partition coefficient (Wildman–Crippen LogP) is 4.58. The van der Waals surface area contributed by atoms with Crippen LogP contribution in [0.4, 0.5) is 4.39 Å². The van der Waals surface area contributed by atoms with Crippen LogP contribution in [0, 0.1) is 5.82 Å². The third kappa shape index (κ3) is 3.14. The zero-order valence-electron chi connectivity index (χ0n) is 12.2. The van der Waals surface area contributed by atoms with Crippen LogP contribution in [0.3, 0.4) is 0 Å². The van der Waals surface area contributed by atoms with Crippen molar-refractivity contribution in [2.24, 2.45) is 0 Å². The third-order valence-corrected chi connectivity index (χ3v) is 5.24. The summed E-state index contributed by atoms with van der Waals surface area (Å²) in [7, 11) is 0. The summed E-state index contributed by atoms with van der Waals surface area (Å²) < 4.78 is 13.9. The molecule has 3 heteroatoms. The molecule has 2 aromatic rings. The maximum absolute atomic E-state index is 13.9. The highest BCUT2D eigenvalue weighted by Crippen LogP contribution is 2.41. The molecule has 1 nitrogen and oxygen atoms in total. The van der Waals surface area contributed by atoms with Gasteiger partial charge in [-0.1, -0.05) is 43.3 Å². The van der Waals surface area contributed by atoms with Crippen LogP contribution in [0.5, 0.6) is 0 Å². The molecule has 3 rings (SSSR count). The molecule has 0 saturated heterocycles. The van der Waals surface area contributed by atoms with Gasteiger partial charge >= 0.3 is 0 Å². The highest BCUT2D eigenvalue weighted by molar-refractivity contribution is 8.00. The van der Waals surface area contributed by atoms with E-state index in [1.54, 1.807) is 23.9 Å². The SMILES string of the molecule is CCCNC1c2ccccc2CC1Sc1ccccc1F. The van der Waals surface area contributed by atoms with Gasteiger partial charge in [0.1, 0.15) is 5.82 Å². The van der Waals surface area contributed by atoms with Crippen molar-refractivity contribution < 1.29 is 4.39 Å². The Morgan fingerprint density at radius 1 is 1.14 bits per heavy atom. The Balaban J connectivity index is 1.83. The summed E-state index contributed by atoms with van der Waals surface area (Å²) in [6.07, 6.45) is 2.10. The van der Waals surface area contributed by atoms with Crippen LogP contribution >= 0.6 is 11.8 Å². The molecule has 0 aromatic heterocycles. The molecule has 110 valence electrons. The first-order chi connectivity index (χ1) is 10.3. The molecular weight excluding hydrogens is 281 g/mol. The fourth-order valence-corrected chi connectivity index (χ4v) is 4.22. The van der Waals surface area contributed by atoms with E-state index >= 15 is 0 Å². The fourth-order valence-electron chi connectivity index (χ4n) is 2.91. The van der Waals surface area contributed by atoms with Crippen molar-refractivity contribution in [1.82, 2.24) is 5.32 Å². The molecule has 1 aliphatic carbocycles. The molecule has 1 N–H and O–H groups in total. The second kappa shape index (κ2) is 6.63. The Hall–Kier alpha value is -1.32. The van der Waals surface area contributed by atoms with E-state index in [1.807, 2.05) is 12.1 Å². The van der Waals surface area contributed by atoms with E-state index in [0.717, 1.165) is 24.3 Å². The quantitative estimate of drug-likeness (QED) is 0.867. The standard InChI is InChI=1S/C18H20FNS/c1-2-11-20-18-14-8-4-3-7-13(14)12-17(18)21-16-10-6-5-9-15(16)19/h3-10,17-18,20H,2,11-12H2,1H3. The molecule has 0 saturated carbocycles. The van der Waals surface area contributed by atoms with Crippen LogP contribution in [-0.2, 0) is 6.42 Å². The number of benzene rings is 2. The van der Waals surface area contributed by atoms with Crippen molar-refractivity contribution in [2.75, 3.05) is 6.54 Å². The van der Waals surface area contributed by atoms with Gasteiger partial charge in [0.15, 0.2) is 0 Å². The van der Waals surface area contributed by atoms with Gasteiger partial charge in [-0.3, -0.25) is 0 Å². The Kier molecular flexibility index (Phi) is 4.61. The predicted molar refractivity (Wildman–Crippen MR) is 87.2 cm³/mol. The van der Waals surface area contributed by atoms with Crippen molar-refractivity contribution in [3.63, 3.8) is 0 Å².